The van der Waals surface area contributed by atoms with E-state index in [4.69, 9.17) is 16.3 Å². The summed E-state index contributed by atoms with van der Waals surface area (Å²) in [6.07, 6.45) is 6.35. The average Bonchev–Trinajstić information content (AvgIpc) is 3.15. The minimum Gasteiger partial charge on any atom is -0.497 e. The maximum Gasteiger partial charge on any atom is 0.257 e. The van der Waals surface area contributed by atoms with Crippen molar-refractivity contribution in [3.8, 4) is 5.75 Å². The number of hydrogen-bond acceptors (Lipinski definition) is 4. The van der Waals surface area contributed by atoms with Gasteiger partial charge in [-0.05, 0) is 92.2 Å². The molecule has 1 atom stereocenters. The van der Waals surface area contributed by atoms with Crippen LogP contribution in [0, 0.1) is 23.2 Å². The van der Waals surface area contributed by atoms with Crippen molar-refractivity contribution in [3.05, 3.63) is 59.1 Å². The molecule has 2 aromatic rings. The molecule has 0 aromatic heterocycles. The van der Waals surface area contributed by atoms with Crippen molar-refractivity contribution >= 4 is 35.0 Å². The highest BCUT2D eigenvalue weighted by Crippen LogP contribution is 2.60. The second-order valence-corrected chi connectivity index (χ2v) is 11.6. The molecule has 4 saturated carbocycles. The lowest BCUT2D eigenvalue weighted by atomic mass is 9.49. The van der Waals surface area contributed by atoms with E-state index in [0.29, 0.717) is 34.2 Å². The van der Waals surface area contributed by atoms with Crippen molar-refractivity contribution < 1.29 is 19.1 Å². The molecule has 4 bridgehead atoms. The van der Waals surface area contributed by atoms with Crippen molar-refractivity contribution in [2.24, 2.45) is 23.2 Å². The van der Waals surface area contributed by atoms with Crippen LogP contribution >= 0.6 is 11.6 Å². The molecule has 36 heavy (non-hydrogen) atoms. The molecule has 7 rings (SSSR count). The highest BCUT2D eigenvalue weighted by atomic mass is 35.5. The van der Waals surface area contributed by atoms with Gasteiger partial charge < -0.3 is 9.64 Å². The first-order valence-electron chi connectivity index (χ1n) is 12.9. The van der Waals surface area contributed by atoms with E-state index in [1.165, 1.54) is 24.2 Å². The van der Waals surface area contributed by atoms with Crippen LogP contribution < -0.4 is 9.64 Å². The lowest BCUT2D eigenvalue weighted by Crippen LogP contribution is -2.57. The summed E-state index contributed by atoms with van der Waals surface area (Å²) in [4.78, 5) is 44.3. The van der Waals surface area contributed by atoms with E-state index < -0.39 is 11.5 Å². The number of amides is 3. The molecule has 188 valence electrons. The number of anilines is 1. The molecule has 3 amide bonds. The fourth-order valence-corrected chi connectivity index (χ4v) is 7.87. The van der Waals surface area contributed by atoms with Gasteiger partial charge in [0.1, 0.15) is 11.8 Å². The second-order valence-electron chi connectivity index (χ2n) is 11.2. The monoisotopic (exact) mass is 506 g/mol. The zero-order chi connectivity index (χ0) is 25.0. The van der Waals surface area contributed by atoms with Gasteiger partial charge in [0.05, 0.1) is 24.6 Å². The van der Waals surface area contributed by atoms with Crippen LogP contribution in [0.25, 0.3) is 0 Å². The van der Waals surface area contributed by atoms with Crippen LogP contribution in [0.5, 0.6) is 5.75 Å². The molecule has 1 saturated heterocycles. The standard InChI is InChI=1S/C29H31ClN2O4/c1-36-23-8-6-22(7-9-23)32-26(33)13-25(27(32)34)31(17-21-4-2-3-5-24(21)30)28(35)29-14-18-10-19(15-29)12-20(11-18)16-29/h2-9,18-20,25H,10-17H2,1H3. The normalized spacial score (nSPS) is 30.7. The van der Waals surface area contributed by atoms with Crippen molar-refractivity contribution in [1.29, 1.82) is 0 Å². The van der Waals surface area contributed by atoms with E-state index in [9.17, 15) is 14.4 Å². The summed E-state index contributed by atoms with van der Waals surface area (Å²) in [5, 5.41) is 0.560. The highest BCUT2D eigenvalue weighted by Gasteiger charge is 2.57. The number of carbonyl (C=O) groups excluding carboxylic acids is 3. The Balaban J connectivity index is 1.34. The zero-order valence-electron chi connectivity index (χ0n) is 20.5. The minimum atomic E-state index is -0.837. The van der Waals surface area contributed by atoms with Crippen molar-refractivity contribution in [2.75, 3.05) is 12.0 Å². The predicted molar refractivity (Wildman–Crippen MR) is 136 cm³/mol. The average molecular weight is 507 g/mol. The molecular formula is C29H31ClN2O4. The smallest absolute Gasteiger partial charge is 0.257 e. The van der Waals surface area contributed by atoms with Crippen LogP contribution in [0.4, 0.5) is 5.69 Å². The van der Waals surface area contributed by atoms with Crippen LogP contribution in [0.2, 0.25) is 5.02 Å². The number of methoxy groups -OCH3 is 1. The summed E-state index contributed by atoms with van der Waals surface area (Å²) in [5.41, 5.74) is 0.862. The topological polar surface area (TPSA) is 66.9 Å². The second kappa shape index (κ2) is 8.91. The summed E-state index contributed by atoms with van der Waals surface area (Å²) < 4.78 is 5.22. The van der Waals surface area contributed by atoms with Gasteiger partial charge in [-0.1, -0.05) is 29.8 Å². The molecule has 1 aliphatic heterocycles. The van der Waals surface area contributed by atoms with Crippen LogP contribution in [0.15, 0.2) is 48.5 Å². The summed E-state index contributed by atoms with van der Waals surface area (Å²) in [6.45, 7) is 0.223. The first-order chi connectivity index (χ1) is 17.4. The zero-order valence-corrected chi connectivity index (χ0v) is 21.2. The van der Waals surface area contributed by atoms with Gasteiger partial charge in [-0.25, -0.2) is 4.90 Å². The number of rotatable bonds is 6. The largest absolute Gasteiger partial charge is 0.497 e. The van der Waals surface area contributed by atoms with Crippen LogP contribution in [-0.2, 0) is 20.9 Å². The summed E-state index contributed by atoms with van der Waals surface area (Å²) >= 11 is 6.50. The lowest BCUT2D eigenvalue weighted by Gasteiger charge is -2.57. The molecule has 1 heterocycles. The fraction of sp³-hybridized carbons (Fsp3) is 0.483. The molecule has 6 nitrogen and oxygen atoms in total. The fourth-order valence-electron chi connectivity index (χ4n) is 7.67. The first kappa shape index (κ1) is 23.5. The highest BCUT2D eigenvalue weighted by molar-refractivity contribution is 6.31. The van der Waals surface area contributed by atoms with Crippen molar-refractivity contribution in [1.82, 2.24) is 4.90 Å². The van der Waals surface area contributed by atoms with E-state index in [1.807, 2.05) is 18.2 Å². The number of nitrogens with zero attached hydrogens (tertiary/aromatic N) is 2. The van der Waals surface area contributed by atoms with E-state index in [2.05, 4.69) is 0 Å². The van der Waals surface area contributed by atoms with Gasteiger partial charge in [-0.2, -0.15) is 0 Å². The number of imide groups is 1. The van der Waals surface area contributed by atoms with Gasteiger partial charge in [0.15, 0.2) is 0 Å². The van der Waals surface area contributed by atoms with Gasteiger partial charge in [0, 0.05) is 11.6 Å². The number of benzene rings is 2. The molecule has 0 radical (unpaired) electrons. The van der Waals surface area contributed by atoms with Crippen LogP contribution in [0.3, 0.4) is 0 Å². The molecule has 1 unspecified atom stereocenters. The number of ether oxygens (including phenoxy) is 1. The van der Waals surface area contributed by atoms with E-state index >= 15 is 0 Å². The SMILES string of the molecule is COc1ccc(N2C(=O)CC(N(Cc3ccccc3Cl)C(=O)C34CC5CC(CC(C5)C3)C4)C2=O)cc1. The summed E-state index contributed by atoms with van der Waals surface area (Å²) in [7, 11) is 1.57. The van der Waals surface area contributed by atoms with Crippen LogP contribution in [-0.4, -0.2) is 35.8 Å². The van der Waals surface area contributed by atoms with Gasteiger partial charge in [-0.15, -0.1) is 0 Å². The van der Waals surface area contributed by atoms with E-state index in [0.717, 1.165) is 24.8 Å². The Morgan fingerprint density at radius 3 is 2.19 bits per heavy atom. The number of halogens is 1. The molecule has 4 aliphatic carbocycles. The molecule has 5 aliphatic rings. The van der Waals surface area contributed by atoms with E-state index in [-0.39, 0.29) is 30.7 Å². The Kier molecular flexibility index (Phi) is 5.83. The maximum absolute atomic E-state index is 14.5. The van der Waals surface area contributed by atoms with Gasteiger partial charge in [0.2, 0.25) is 11.8 Å². The first-order valence-corrected chi connectivity index (χ1v) is 13.3. The lowest BCUT2D eigenvalue weighted by molar-refractivity contribution is -0.162. The number of hydrogen-bond donors (Lipinski definition) is 0. The third-order valence-corrected chi connectivity index (χ3v) is 9.25. The summed E-state index contributed by atoms with van der Waals surface area (Å²) in [6, 6.07) is 13.5. The van der Waals surface area contributed by atoms with E-state index in [1.54, 1.807) is 42.3 Å². The van der Waals surface area contributed by atoms with Crippen molar-refractivity contribution in [3.63, 3.8) is 0 Å². The Labute approximate surface area is 216 Å². The number of carbonyl (C=O) groups is 3. The molecule has 2 aromatic carbocycles. The Hall–Kier alpha value is -2.86. The van der Waals surface area contributed by atoms with Gasteiger partial charge >= 0.3 is 0 Å². The summed E-state index contributed by atoms with van der Waals surface area (Å²) in [5.74, 6) is 1.82. The Morgan fingerprint density at radius 1 is 1.00 bits per heavy atom. The quantitative estimate of drug-likeness (QED) is 0.503. The van der Waals surface area contributed by atoms with Gasteiger partial charge in [-0.3, -0.25) is 14.4 Å². The predicted octanol–water partition coefficient (Wildman–Crippen LogP) is 5.23. The third-order valence-electron chi connectivity index (χ3n) is 8.88. The van der Waals surface area contributed by atoms with Gasteiger partial charge in [0.25, 0.3) is 5.91 Å². The molecule has 5 fully saturated rings. The Morgan fingerprint density at radius 2 is 1.61 bits per heavy atom. The molecule has 7 heteroatoms. The minimum absolute atomic E-state index is 0.0204. The van der Waals surface area contributed by atoms with Crippen molar-refractivity contribution in [2.45, 2.75) is 57.5 Å². The molecular weight excluding hydrogens is 476 g/mol. The van der Waals surface area contributed by atoms with Crippen LogP contribution in [0.1, 0.15) is 50.5 Å². The maximum atomic E-state index is 14.5. The third kappa shape index (κ3) is 3.90. The molecule has 0 spiro atoms. The Bertz CT molecular complexity index is 1170. The molecule has 0 N–H and O–H groups in total.